The molecule has 0 saturated heterocycles. The van der Waals surface area contributed by atoms with Crippen LogP contribution in [0.2, 0.25) is 0 Å². The smallest absolute Gasteiger partial charge is 0.00167 e. The van der Waals surface area contributed by atoms with Gasteiger partial charge in [-0.3, -0.25) is 0 Å². The minimum Gasteiger partial charge on any atom is -0.0805 e. The molecular weight excluding hydrogens is 504 g/mol. The Kier molecular flexibility index (Phi) is 4.72. The van der Waals surface area contributed by atoms with Gasteiger partial charge in [0.2, 0.25) is 0 Å². The molecule has 4 bridgehead atoms. The lowest BCUT2D eigenvalue weighted by Gasteiger charge is -2.51. The summed E-state index contributed by atoms with van der Waals surface area (Å²) in [6, 6.07) is 5.45. The summed E-state index contributed by atoms with van der Waals surface area (Å²) in [4.78, 5) is 0. The minimum absolute atomic E-state index is 0.754. The molecule has 0 spiro atoms. The van der Waals surface area contributed by atoms with Crippen LogP contribution in [-0.2, 0) is 25.7 Å². The zero-order valence-electron chi connectivity index (χ0n) is 24.9. The molecule has 0 aliphatic heterocycles. The highest BCUT2D eigenvalue weighted by molar-refractivity contribution is 5.58. The molecule has 210 valence electrons. The predicted molar refractivity (Wildman–Crippen MR) is 171 cm³/mol. The van der Waals surface area contributed by atoms with Gasteiger partial charge >= 0.3 is 0 Å². The van der Waals surface area contributed by atoms with Gasteiger partial charge in [0, 0.05) is 23.7 Å². The van der Waals surface area contributed by atoms with Gasteiger partial charge in [-0.05, 0) is 123 Å². The van der Waals surface area contributed by atoms with Crippen molar-refractivity contribution >= 4 is 0 Å². The van der Waals surface area contributed by atoms with Crippen LogP contribution in [0.5, 0.6) is 0 Å². The Bertz CT molecular complexity index is 1470. The second-order valence-electron chi connectivity index (χ2n) is 15.7. The van der Waals surface area contributed by atoms with Crippen molar-refractivity contribution in [3.63, 3.8) is 0 Å². The Morgan fingerprint density at radius 2 is 0.595 bits per heavy atom. The van der Waals surface area contributed by atoms with Crippen LogP contribution < -0.4 is 0 Å². The molecule has 0 nitrogen and oxygen atoms in total. The van der Waals surface area contributed by atoms with Crippen molar-refractivity contribution in [2.45, 2.75) is 77.0 Å². The molecule has 0 radical (unpaired) electrons. The highest BCUT2D eigenvalue weighted by Gasteiger charge is 2.47. The second-order valence-corrected chi connectivity index (χ2v) is 15.7. The maximum atomic E-state index is 2.73. The van der Waals surface area contributed by atoms with Crippen LogP contribution in [0.3, 0.4) is 0 Å². The van der Waals surface area contributed by atoms with E-state index in [4.69, 9.17) is 0 Å². The molecule has 0 saturated carbocycles. The van der Waals surface area contributed by atoms with Crippen molar-refractivity contribution in [1.29, 1.82) is 0 Å². The highest BCUT2D eigenvalue weighted by atomic mass is 14.5. The molecule has 12 aliphatic carbocycles. The molecule has 8 unspecified atom stereocenters. The lowest BCUT2D eigenvalue weighted by molar-refractivity contribution is 0.322. The Morgan fingerprint density at radius 1 is 0.333 bits per heavy atom. The quantitative estimate of drug-likeness (QED) is 0.284. The van der Waals surface area contributed by atoms with Gasteiger partial charge in [-0.1, -0.05) is 105 Å². The summed E-state index contributed by atoms with van der Waals surface area (Å²) in [5.41, 5.74) is 21.8. The van der Waals surface area contributed by atoms with Crippen LogP contribution in [0.1, 0.15) is 73.6 Å². The van der Waals surface area contributed by atoms with E-state index >= 15 is 0 Å². The normalized spacial score (nSPS) is 39.4. The van der Waals surface area contributed by atoms with E-state index in [0.29, 0.717) is 0 Å². The summed E-state index contributed by atoms with van der Waals surface area (Å²) in [6.45, 7) is 0. The van der Waals surface area contributed by atoms with Gasteiger partial charge in [-0.15, -0.1) is 0 Å². The zero-order chi connectivity index (χ0) is 27.1. The van der Waals surface area contributed by atoms with Crippen molar-refractivity contribution in [2.75, 3.05) is 0 Å². The minimum atomic E-state index is 0.754. The van der Waals surface area contributed by atoms with Crippen LogP contribution in [0, 0.1) is 47.3 Å². The van der Waals surface area contributed by atoms with E-state index in [-0.39, 0.29) is 0 Å². The van der Waals surface area contributed by atoms with E-state index in [0.717, 1.165) is 47.3 Å². The second kappa shape index (κ2) is 8.40. The molecule has 13 rings (SSSR count). The van der Waals surface area contributed by atoms with Crippen LogP contribution in [0.25, 0.3) is 0 Å². The standard InChI is InChI=1S/C42H42/c1-2-6-24-16-36-32-10-9-31(35(36)15-23(24)5-1)39-19-27-13-29-21-41-33-11-12-34(42(41)22-30(29)14-28(27)20-40(32)39)38-18-26-8-4-3-7-25(26)17-37(33)38/h1-8,13-14,23-26,31-34H,9-12,15-22H2. The molecule has 12 aliphatic rings. The van der Waals surface area contributed by atoms with Crippen molar-refractivity contribution in [3.8, 4) is 0 Å². The van der Waals surface area contributed by atoms with Gasteiger partial charge in [-0.25, -0.2) is 0 Å². The molecule has 8 atom stereocenters. The van der Waals surface area contributed by atoms with Crippen molar-refractivity contribution in [3.05, 3.63) is 128 Å². The number of benzene rings is 1. The number of hydrogen-bond acceptors (Lipinski definition) is 0. The Hall–Kier alpha value is -2.86. The van der Waals surface area contributed by atoms with E-state index in [9.17, 15) is 0 Å². The van der Waals surface area contributed by atoms with Crippen LogP contribution in [0.4, 0.5) is 0 Å². The van der Waals surface area contributed by atoms with Crippen LogP contribution in [0.15, 0.2) is 105 Å². The average molecular weight is 547 g/mol. The van der Waals surface area contributed by atoms with Crippen LogP contribution in [-0.4, -0.2) is 0 Å². The van der Waals surface area contributed by atoms with Gasteiger partial charge in [0.05, 0.1) is 0 Å². The third-order valence-corrected chi connectivity index (χ3v) is 14.1. The zero-order valence-corrected chi connectivity index (χ0v) is 24.9. The fraction of sp³-hybridized carbons (Fsp3) is 0.476. The summed E-state index contributed by atoms with van der Waals surface area (Å²) in [6.07, 6.45) is 35.3. The van der Waals surface area contributed by atoms with E-state index < -0.39 is 0 Å². The predicted octanol–water partition coefficient (Wildman–Crippen LogP) is 9.45. The van der Waals surface area contributed by atoms with Crippen molar-refractivity contribution < 1.29 is 0 Å². The van der Waals surface area contributed by atoms with Crippen LogP contribution >= 0.6 is 0 Å². The summed E-state index contributed by atoms with van der Waals surface area (Å²) < 4.78 is 0. The third-order valence-electron chi connectivity index (χ3n) is 14.1. The average Bonchev–Trinajstić information content (AvgIpc) is 3.04. The fourth-order valence-corrected chi connectivity index (χ4v) is 12.3. The molecule has 0 heterocycles. The molecule has 0 heteroatoms. The lowest BCUT2D eigenvalue weighted by Crippen LogP contribution is -2.38. The van der Waals surface area contributed by atoms with E-state index in [2.05, 4.69) is 60.7 Å². The van der Waals surface area contributed by atoms with E-state index in [1.54, 1.807) is 22.3 Å². The fourth-order valence-electron chi connectivity index (χ4n) is 12.3. The van der Waals surface area contributed by atoms with Gasteiger partial charge in [0.25, 0.3) is 0 Å². The monoisotopic (exact) mass is 546 g/mol. The first-order valence-electron chi connectivity index (χ1n) is 17.5. The molecular formula is C42H42. The Labute approximate surface area is 251 Å². The lowest BCUT2D eigenvalue weighted by atomic mass is 9.54. The molecule has 0 amide bonds. The molecule has 1 aromatic rings. The maximum absolute atomic E-state index is 2.73. The SMILES string of the molecule is C1=CC2CC3=C(CC2C=C1)C1CCC3C2=C1Cc1cc3c(cc1C2)CC1=C(C3)C2CCC1C1=C2CC2C=CC=CC2C1. The topological polar surface area (TPSA) is 0 Å². The number of hydrogen-bond donors (Lipinski definition) is 0. The molecule has 0 fully saturated rings. The molecule has 0 N–H and O–H groups in total. The first kappa shape index (κ1) is 23.6. The summed E-state index contributed by atoms with van der Waals surface area (Å²) >= 11 is 0. The van der Waals surface area contributed by atoms with Crippen molar-refractivity contribution in [1.82, 2.24) is 0 Å². The largest absolute Gasteiger partial charge is 0.0805 e. The van der Waals surface area contributed by atoms with E-state index in [1.807, 2.05) is 44.6 Å². The maximum Gasteiger partial charge on any atom is 0.00167 e. The van der Waals surface area contributed by atoms with Gasteiger partial charge in [0.15, 0.2) is 0 Å². The first-order chi connectivity index (χ1) is 20.8. The Morgan fingerprint density at radius 3 is 0.857 bits per heavy atom. The summed E-state index contributed by atoms with van der Waals surface area (Å²) in [5, 5.41) is 0. The summed E-state index contributed by atoms with van der Waals surface area (Å²) in [5.74, 6) is 6.06. The van der Waals surface area contributed by atoms with Gasteiger partial charge in [-0.2, -0.15) is 0 Å². The van der Waals surface area contributed by atoms with Gasteiger partial charge < -0.3 is 0 Å². The first-order valence-corrected chi connectivity index (χ1v) is 17.5. The number of fused-ring (bicyclic) bond motifs is 6. The number of rotatable bonds is 0. The summed E-state index contributed by atoms with van der Waals surface area (Å²) in [7, 11) is 0. The van der Waals surface area contributed by atoms with E-state index in [1.165, 1.54) is 77.0 Å². The van der Waals surface area contributed by atoms with Crippen molar-refractivity contribution in [2.24, 2.45) is 47.3 Å². The van der Waals surface area contributed by atoms with Gasteiger partial charge in [0.1, 0.15) is 0 Å². The molecule has 1 aromatic carbocycles. The Balaban J connectivity index is 0.912. The molecule has 42 heavy (non-hydrogen) atoms. The molecule has 0 aromatic heterocycles. The highest BCUT2D eigenvalue weighted by Crippen LogP contribution is 2.60. The number of allylic oxidation sites excluding steroid dienone is 16. The third kappa shape index (κ3) is 3.10.